The summed E-state index contributed by atoms with van der Waals surface area (Å²) in [6, 6.07) is 7.65. The fraction of sp³-hybridized carbons (Fsp3) is 0.667. The number of ether oxygens (including phenoxy) is 3. The summed E-state index contributed by atoms with van der Waals surface area (Å²) < 4.78 is 17.1. The summed E-state index contributed by atoms with van der Waals surface area (Å²) in [6.45, 7) is 6.37. The fourth-order valence-electron chi connectivity index (χ4n) is 3.28. The lowest BCUT2D eigenvalue weighted by molar-refractivity contribution is -0.0313. The van der Waals surface area contributed by atoms with Crippen molar-refractivity contribution in [3.05, 3.63) is 24.3 Å². The predicted octanol–water partition coefficient (Wildman–Crippen LogP) is 1.94. The Balaban J connectivity index is 1.35. The maximum absolute atomic E-state index is 10.1. The highest BCUT2D eigenvalue weighted by Crippen LogP contribution is 2.30. The van der Waals surface area contributed by atoms with Crippen LogP contribution in [0, 0.1) is 5.92 Å². The molecule has 0 unspecified atom stereocenters. The Hall–Kier alpha value is -1.30. The number of piperidine rings is 1. The third-order valence-electron chi connectivity index (χ3n) is 4.39. The Kier molecular flexibility index (Phi) is 5.75. The van der Waals surface area contributed by atoms with E-state index < -0.39 is 6.10 Å². The largest absolute Gasteiger partial charge is 0.486 e. The first-order chi connectivity index (χ1) is 11.2. The molecule has 1 fully saturated rings. The zero-order chi connectivity index (χ0) is 16.1. The number of para-hydroxylation sites is 2. The summed E-state index contributed by atoms with van der Waals surface area (Å²) in [7, 11) is 0. The van der Waals surface area contributed by atoms with Gasteiger partial charge in [-0.15, -0.1) is 0 Å². The van der Waals surface area contributed by atoms with E-state index in [1.807, 2.05) is 24.3 Å². The first-order valence-electron chi connectivity index (χ1n) is 8.57. The molecular formula is C18H27NO4. The van der Waals surface area contributed by atoms with Gasteiger partial charge in [-0.25, -0.2) is 0 Å². The molecule has 0 spiro atoms. The van der Waals surface area contributed by atoms with Crippen molar-refractivity contribution in [1.82, 2.24) is 4.90 Å². The van der Waals surface area contributed by atoms with Crippen molar-refractivity contribution in [3.63, 3.8) is 0 Å². The van der Waals surface area contributed by atoms with Crippen molar-refractivity contribution < 1.29 is 19.3 Å². The zero-order valence-electron chi connectivity index (χ0n) is 13.8. The van der Waals surface area contributed by atoms with Crippen LogP contribution in [0.25, 0.3) is 0 Å². The van der Waals surface area contributed by atoms with Crippen molar-refractivity contribution in [2.24, 2.45) is 5.92 Å². The van der Waals surface area contributed by atoms with Gasteiger partial charge in [-0.2, -0.15) is 0 Å². The third-order valence-corrected chi connectivity index (χ3v) is 4.39. The van der Waals surface area contributed by atoms with Crippen LogP contribution < -0.4 is 9.47 Å². The second kappa shape index (κ2) is 7.99. The molecule has 0 amide bonds. The molecule has 1 aromatic carbocycles. The van der Waals surface area contributed by atoms with E-state index in [4.69, 9.17) is 14.2 Å². The van der Waals surface area contributed by atoms with Gasteiger partial charge < -0.3 is 24.2 Å². The average molecular weight is 321 g/mol. The van der Waals surface area contributed by atoms with Crippen molar-refractivity contribution in [3.8, 4) is 11.5 Å². The number of benzene rings is 1. The molecule has 0 radical (unpaired) electrons. The van der Waals surface area contributed by atoms with Crippen molar-refractivity contribution in [1.29, 1.82) is 0 Å². The van der Waals surface area contributed by atoms with Crippen LogP contribution in [0.3, 0.4) is 0 Å². The smallest absolute Gasteiger partial charge is 0.161 e. The van der Waals surface area contributed by atoms with Gasteiger partial charge in [-0.3, -0.25) is 0 Å². The van der Waals surface area contributed by atoms with Crippen molar-refractivity contribution >= 4 is 0 Å². The van der Waals surface area contributed by atoms with Gasteiger partial charge in [-0.05, 0) is 37.4 Å². The van der Waals surface area contributed by atoms with E-state index in [1.54, 1.807) is 0 Å². The first kappa shape index (κ1) is 16.6. The molecule has 1 saturated heterocycles. The Labute approximate surface area is 138 Å². The first-order valence-corrected chi connectivity index (χ1v) is 8.57. The van der Waals surface area contributed by atoms with Crippen LogP contribution in [0.2, 0.25) is 0 Å². The maximum Gasteiger partial charge on any atom is 0.161 e. The van der Waals surface area contributed by atoms with Gasteiger partial charge in [0, 0.05) is 13.1 Å². The number of rotatable bonds is 6. The number of β-amino-alcohol motifs (C(OH)–C–C–N with tert-alkyl or cyclic N) is 1. The molecule has 2 heterocycles. The maximum atomic E-state index is 10.1. The summed E-state index contributed by atoms with van der Waals surface area (Å²) in [6.07, 6.45) is 1.95. The van der Waals surface area contributed by atoms with Gasteiger partial charge in [0.25, 0.3) is 0 Å². The van der Waals surface area contributed by atoms with Crippen molar-refractivity contribution in [2.75, 3.05) is 39.5 Å². The van der Waals surface area contributed by atoms with Gasteiger partial charge in [0.2, 0.25) is 0 Å². The molecule has 1 N–H and O–H groups in total. The lowest BCUT2D eigenvalue weighted by atomic mass is 10.0. The van der Waals surface area contributed by atoms with Crippen LogP contribution in [-0.4, -0.2) is 61.7 Å². The normalized spacial score (nSPS) is 26.0. The highest BCUT2D eigenvalue weighted by atomic mass is 16.6. The standard InChI is InChI=1S/C18H27NO4/c1-14-5-4-8-19(9-14)10-15(20)11-21-12-16-13-22-17-6-2-3-7-18(17)23-16/h2-3,6-7,14-16,20H,4-5,8-13H2,1H3/t14-,15-,16-/m1/s1. The van der Waals surface area contributed by atoms with Crippen LogP contribution in [0.5, 0.6) is 11.5 Å². The molecule has 0 aromatic heterocycles. The number of hydrogen-bond donors (Lipinski definition) is 1. The Morgan fingerprint density at radius 2 is 2.17 bits per heavy atom. The summed E-state index contributed by atoms with van der Waals surface area (Å²) in [5.41, 5.74) is 0. The van der Waals surface area contributed by atoms with E-state index in [2.05, 4.69) is 11.8 Å². The molecule has 2 aliphatic heterocycles. The molecule has 3 atom stereocenters. The molecule has 5 heteroatoms. The second-order valence-corrected chi connectivity index (χ2v) is 6.70. The van der Waals surface area contributed by atoms with E-state index in [9.17, 15) is 5.11 Å². The van der Waals surface area contributed by atoms with E-state index in [1.165, 1.54) is 12.8 Å². The number of likely N-dealkylation sites (tertiary alicyclic amines) is 1. The van der Waals surface area contributed by atoms with E-state index >= 15 is 0 Å². The summed E-state index contributed by atoms with van der Waals surface area (Å²) in [5.74, 6) is 2.27. The summed E-state index contributed by atoms with van der Waals surface area (Å²) >= 11 is 0. The summed E-state index contributed by atoms with van der Waals surface area (Å²) in [4.78, 5) is 2.33. The van der Waals surface area contributed by atoms with Crippen LogP contribution >= 0.6 is 0 Å². The van der Waals surface area contributed by atoms with E-state index in [-0.39, 0.29) is 6.10 Å². The molecule has 128 valence electrons. The predicted molar refractivity (Wildman–Crippen MR) is 88.0 cm³/mol. The molecule has 3 rings (SSSR count). The van der Waals surface area contributed by atoms with Gasteiger partial charge in [0.15, 0.2) is 17.6 Å². The molecular weight excluding hydrogens is 294 g/mol. The molecule has 5 nitrogen and oxygen atoms in total. The van der Waals surface area contributed by atoms with Gasteiger partial charge in [0.1, 0.15) is 6.61 Å². The minimum atomic E-state index is -0.447. The monoisotopic (exact) mass is 321 g/mol. The second-order valence-electron chi connectivity index (χ2n) is 6.70. The summed E-state index contributed by atoms with van der Waals surface area (Å²) in [5, 5.41) is 10.1. The highest BCUT2D eigenvalue weighted by Gasteiger charge is 2.22. The molecule has 0 bridgehead atoms. The van der Waals surface area contributed by atoms with Crippen LogP contribution in [0.4, 0.5) is 0 Å². The minimum Gasteiger partial charge on any atom is -0.486 e. The molecule has 23 heavy (non-hydrogen) atoms. The zero-order valence-corrected chi connectivity index (χ0v) is 13.8. The number of nitrogens with zero attached hydrogens (tertiary/aromatic N) is 1. The Bertz CT molecular complexity index is 496. The Morgan fingerprint density at radius 1 is 1.35 bits per heavy atom. The Morgan fingerprint density at radius 3 is 3.00 bits per heavy atom. The topological polar surface area (TPSA) is 51.2 Å². The van der Waals surface area contributed by atoms with Gasteiger partial charge in [-0.1, -0.05) is 19.1 Å². The number of aliphatic hydroxyl groups excluding tert-OH is 1. The fourth-order valence-corrected chi connectivity index (χ4v) is 3.28. The third kappa shape index (κ3) is 4.83. The lowest BCUT2D eigenvalue weighted by Gasteiger charge is -2.32. The molecule has 2 aliphatic rings. The van der Waals surface area contributed by atoms with E-state index in [0.29, 0.717) is 26.4 Å². The van der Waals surface area contributed by atoms with Crippen molar-refractivity contribution in [2.45, 2.75) is 32.0 Å². The van der Waals surface area contributed by atoms with Crippen LogP contribution in [0.1, 0.15) is 19.8 Å². The minimum absolute atomic E-state index is 0.118. The average Bonchev–Trinajstić information content (AvgIpc) is 2.55. The number of aliphatic hydroxyl groups is 1. The molecule has 0 aliphatic carbocycles. The highest BCUT2D eigenvalue weighted by molar-refractivity contribution is 5.40. The van der Waals surface area contributed by atoms with Gasteiger partial charge >= 0.3 is 0 Å². The van der Waals surface area contributed by atoms with Crippen LogP contribution in [-0.2, 0) is 4.74 Å². The lowest BCUT2D eigenvalue weighted by Crippen LogP contribution is -2.41. The number of fused-ring (bicyclic) bond motifs is 1. The molecule has 1 aromatic rings. The quantitative estimate of drug-likeness (QED) is 0.868. The SMILES string of the molecule is C[C@@H]1CCCN(C[C@@H](O)COC[C@@H]2COc3ccccc3O2)C1. The number of hydrogen-bond acceptors (Lipinski definition) is 5. The molecule has 0 saturated carbocycles. The van der Waals surface area contributed by atoms with Crippen LogP contribution in [0.15, 0.2) is 24.3 Å². The van der Waals surface area contributed by atoms with E-state index in [0.717, 1.165) is 30.5 Å². The van der Waals surface area contributed by atoms with Gasteiger partial charge in [0.05, 0.1) is 19.3 Å².